The fraction of sp³-hybridized carbons (Fsp3) is 0.172. The zero-order chi connectivity index (χ0) is 32.2. The second kappa shape index (κ2) is 12.7. The highest BCUT2D eigenvalue weighted by atomic mass is 32.2. The molecular formula is C29H22F9O3PS. The summed E-state index contributed by atoms with van der Waals surface area (Å²) in [5.74, 6) is -14.8. The maximum Gasteiger partial charge on any atom is 0.460 e. The average molecular weight is 653 g/mol. The maximum atomic E-state index is 12.2. The quantitative estimate of drug-likeness (QED) is 0.116. The van der Waals surface area contributed by atoms with Crippen molar-refractivity contribution in [2.75, 3.05) is 0 Å². The Morgan fingerprint density at radius 1 is 0.512 bits per heavy atom. The van der Waals surface area contributed by atoms with Crippen molar-refractivity contribution in [3.63, 3.8) is 0 Å². The molecule has 230 valence electrons. The summed E-state index contributed by atoms with van der Waals surface area (Å²) in [4.78, 5) is 0. The van der Waals surface area contributed by atoms with Gasteiger partial charge in [0.15, 0.2) is 10.1 Å². The second-order valence-electron chi connectivity index (χ2n) is 9.08. The van der Waals surface area contributed by atoms with E-state index >= 15 is 0 Å². The van der Waals surface area contributed by atoms with Gasteiger partial charge >= 0.3 is 23.3 Å². The first kappa shape index (κ1) is 34.1. The molecule has 0 aliphatic carbocycles. The molecule has 0 fully saturated rings. The van der Waals surface area contributed by atoms with Crippen LogP contribution in [0.2, 0.25) is 0 Å². The molecule has 0 unspecified atom stereocenters. The molecule has 0 N–H and O–H groups in total. The number of benzene rings is 4. The minimum absolute atomic E-state index is 1.03. The van der Waals surface area contributed by atoms with Crippen molar-refractivity contribution in [2.45, 2.75) is 29.4 Å². The molecule has 0 saturated heterocycles. The van der Waals surface area contributed by atoms with Gasteiger partial charge in [-0.1, -0.05) is 84.9 Å². The number of rotatable bonds is 8. The van der Waals surface area contributed by atoms with Crippen LogP contribution in [0.25, 0.3) is 0 Å². The lowest BCUT2D eigenvalue weighted by molar-refractivity contribution is -0.382. The Morgan fingerprint density at radius 2 is 0.814 bits per heavy atom. The summed E-state index contributed by atoms with van der Waals surface area (Å²) in [5.41, 5.74) is 1.39. The third-order valence-corrected chi connectivity index (χ3v) is 11.5. The van der Waals surface area contributed by atoms with Gasteiger partial charge < -0.3 is 4.55 Å². The minimum atomic E-state index is -7.43. The maximum absolute atomic E-state index is 12.2. The van der Waals surface area contributed by atoms with Crippen molar-refractivity contribution in [3.8, 4) is 0 Å². The standard InChI is InChI=1S/C25H22P.C4HF9O3S/c1-5-13-22(14-6-1)21-26(23-15-7-2-8-16-23,24-17-9-3-10-18-24)25-19-11-4-12-20-25;5-1(6,3(9,10)11)2(7,8)4(12,13)17(14,15)16/h1-20H,21H2;(H,14,15,16)/q+1;/p-1. The van der Waals surface area contributed by atoms with E-state index < -0.39 is 40.7 Å². The number of hydrogen-bond acceptors (Lipinski definition) is 3. The van der Waals surface area contributed by atoms with Crippen molar-refractivity contribution in [3.05, 3.63) is 127 Å². The van der Waals surface area contributed by atoms with Crippen LogP contribution in [-0.4, -0.2) is 36.2 Å². The van der Waals surface area contributed by atoms with Crippen molar-refractivity contribution in [2.24, 2.45) is 0 Å². The molecule has 0 aromatic heterocycles. The summed E-state index contributed by atoms with van der Waals surface area (Å²) in [6, 6.07) is 44.0. The van der Waals surface area contributed by atoms with Crippen molar-refractivity contribution in [1.82, 2.24) is 0 Å². The van der Waals surface area contributed by atoms with E-state index in [9.17, 15) is 52.5 Å². The molecule has 4 aromatic rings. The summed E-state index contributed by atoms with van der Waals surface area (Å²) in [5, 5.41) is -2.82. The molecule has 0 saturated carbocycles. The molecule has 14 heteroatoms. The van der Waals surface area contributed by atoms with Gasteiger partial charge in [0.2, 0.25) is 0 Å². The first-order chi connectivity index (χ1) is 19.9. The lowest BCUT2D eigenvalue weighted by Gasteiger charge is -2.34. The van der Waals surface area contributed by atoms with Gasteiger partial charge in [0.25, 0.3) is 0 Å². The molecule has 43 heavy (non-hydrogen) atoms. The first-order valence-electron chi connectivity index (χ1n) is 12.1. The van der Waals surface area contributed by atoms with E-state index in [0.29, 0.717) is 0 Å². The summed E-state index contributed by atoms with van der Waals surface area (Å²) in [6.07, 6.45) is -6.13. The lowest BCUT2D eigenvalue weighted by atomic mass is 10.1. The van der Waals surface area contributed by atoms with Crippen LogP contribution < -0.4 is 15.9 Å². The molecule has 0 spiro atoms. The molecule has 3 nitrogen and oxygen atoms in total. The Bertz CT molecular complexity index is 1470. The fourth-order valence-electron chi connectivity index (χ4n) is 4.14. The minimum Gasteiger partial charge on any atom is -0.743 e. The van der Waals surface area contributed by atoms with E-state index in [0.717, 1.165) is 6.16 Å². The summed E-state index contributed by atoms with van der Waals surface area (Å²) >= 11 is 0. The molecule has 0 atom stereocenters. The largest absolute Gasteiger partial charge is 0.743 e. The van der Waals surface area contributed by atoms with Crippen LogP contribution >= 0.6 is 7.26 Å². The van der Waals surface area contributed by atoms with E-state index in [1.807, 2.05) is 0 Å². The SMILES string of the molecule is O=S(=O)([O-])C(F)(F)C(F)(F)C(F)(F)C(F)(F)F.c1ccc(C[P+](c2ccccc2)(c2ccccc2)c2ccccc2)cc1. The molecule has 0 heterocycles. The van der Waals surface area contributed by atoms with Gasteiger partial charge in [-0.3, -0.25) is 0 Å². The fourth-order valence-corrected chi connectivity index (χ4v) is 8.83. The van der Waals surface area contributed by atoms with Gasteiger partial charge in [-0.2, -0.15) is 39.5 Å². The second-order valence-corrected chi connectivity index (χ2v) is 14.0. The topological polar surface area (TPSA) is 57.2 Å². The van der Waals surface area contributed by atoms with Crippen LogP contribution in [0.3, 0.4) is 0 Å². The van der Waals surface area contributed by atoms with Gasteiger partial charge in [-0.15, -0.1) is 0 Å². The number of halogens is 9. The normalized spacial score (nSPS) is 13.2. The zero-order valence-corrected chi connectivity index (χ0v) is 23.4. The third kappa shape index (κ3) is 6.73. The average Bonchev–Trinajstić information content (AvgIpc) is 2.97. The molecule has 0 radical (unpaired) electrons. The Morgan fingerprint density at radius 3 is 1.09 bits per heavy atom. The van der Waals surface area contributed by atoms with Gasteiger partial charge in [-0.25, -0.2) is 8.42 Å². The van der Waals surface area contributed by atoms with E-state index in [-0.39, 0.29) is 0 Å². The molecule has 4 aromatic carbocycles. The molecular weight excluding hydrogens is 630 g/mol. The van der Waals surface area contributed by atoms with Gasteiger partial charge in [0.1, 0.15) is 23.2 Å². The Kier molecular flexibility index (Phi) is 10.0. The van der Waals surface area contributed by atoms with Crippen LogP contribution in [0.5, 0.6) is 0 Å². The van der Waals surface area contributed by atoms with E-state index in [2.05, 4.69) is 121 Å². The van der Waals surface area contributed by atoms with Crippen LogP contribution in [0.4, 0.5) is 39.5 Å². The van der Waals surface area contributed by atoms with Crippen molar-refractivity contribution >= 4 is 33.3 Å². The highest BCUT2D eigenvalue weighted by Crippen LogP contribution is 2.58. The predicted molar refractivity (Wildman–Crippen MR) is 146 cm³/mol. The third-order valence-electron chi connectivity index (χ3n) is 6.28. The van der Waals surface area contributed by atoms with Crippen molar-refractivity contribution in [1.29, 1.82) is 0 Å². The van der Waals surface area contributed by atoms with E-state index in [1.165, 1.54) is 21.5 Å². The monoisotopic (exact) mass is 652 g/mol. The predicted octanol–water partition coefficient (Wildman–Crippen LogP) is 7.14. The summed E-state index contributed by atoms with van der Waals surface area (Å²) in [6.45, 7) is 0. The summed E-state index contributed by atoms with van der Waals surface area (Å²) in [7, 11) is -9.19. The van der Waals surface area contributed by atoms with Crippen LogP contribution in [0.15, 0.2) is 121 Å². The molecule has 4 rings (SSSR count). The van der Waals surface area contributed by atoms with E-state index in [4.69, 9.17) is 0 Å². The van der Waals surface area contributed by atoms with Crippen molar-refractivity contribution < 1.29 is 52.5 Å². The van der Waals surface area contributed by atoms with Crippen LogP contribution in [-0.2, 0) is 16.3 Å². The number of alkyl halides is 9. The Hall–Kier alpha value is -3.41. The van der Waals surface area contributed by atoms with Gasteiger partial charge in [-0.05, 0) is 42.0 Å². The van der Waals surface area contributed by atoms with Crippen LogP contribution in [0.1, 0.15) is 5.56 Å². The number of hydrogen-bond donors (Lipinski definition) is 0. The van der Waals surface area contributed by atoms with Gasteiger partial charge in [0, 0.05) is 0 Å². The smallest absolute Gasteiger partial charge is 0.460 e. The summed E-state index contributed by atoms with van der Waals surface area (Å²) < 4.78 is 135. The molecule has 0 amide bonds. The Balaban J connectivity index is 0.000000261. The Labute approximate surface area is 242 Å². The van der Waals surface area contributed by atoms with E-state index in [1.54, 1.807) is 0 Å². The zero-order valence-electron chi connectivity index (χ0n) is 21.7. The molecule has 0 bridgehead atoms. The lowest BCUT2D eigenvalue weighted by Crippen LogP contribution is -2.63. The van der Waals surface area contributed by atoms with Crippen LogP contribution in [0, 0.1) is 0 Å². The molecule has 0 aliphatic rings. The molecule has 0 aliphatic heterocycles. The van der Waals surface area contributed by atoms with Gasteiger partial charge in [0.05, 0.1) is 6.16 Å². The highest BCUT2D eigenvalue weighted by molar-refractivity contribution is 7.95. The first-order valence-corrected chi connectivity index (χ1v) is 15.5. The highest BCUT2D eigenvalue weighted by Gasteiger charge is 2.83.